The Morgan fingerprint density at radius 2 is 1.59 bits per heavy atom. The molecule has 1 unspecified atom stereocenters. The van der Waals surface area contributed by atoms with Gasteiger partial charge in [0.05, 0.1) is 11.9 Å². The van der Waals surface area contributed by atoms with Crippen LogP contribution in [-0.2, 0) is 26.0 Å². The molecule has 2 amide bonds. The van der Waals surface area contributed by atoms with Crippen LogP contribution >= 0.6 is 0 Å². The Morgan fingerprint density at radius 1 is 1.00 bits per heavy atom. The molecular weight excluding hydrogens is 450 g/mol. The van der Waals surface area contributed by atoms with Gasteiger partial charge in [-0.25, -0.2) is 8.42 Å². The van der Waals surface area contributed by atoms with Crippen LogP contribution in [0.2, 0.25) is 0 Å². The van der Waals surface area contributed by atoms with Crippen LogP contribution in [0.5, 0.6) is 0 Å². The smallest absolute Gasteiger partial charge is 0.244 e. The molecule has 1 aliphatic carbocycles. The molecule has 0 heterocycles. The molecule has 8 heteroatoms. The first kappa shape index (κ1) is 25.7. The minimum absolute atomic E-state index is 0.143. The molecule has 0 bridgehead atoms. The number of rotatable bonds is 11. The van der Waals surface area contributed by atoms with Crippen LogP contribution in [0.15, 0.2) is 60.7 Å². The summed E-state index contributed by atoms with van der Waals surface area (Å²) in [4.78, 5) is 28.3. The van der Waals surface area contributed by atoms with Crippen molar-refractivity contribution in [2.75, 3.05) is 23.7 Å². The second-order valence-electron chi connectivity index (χ2n) is 8.84. The van der Waals surface area contributed by atoms with Crippen LogP contribution < -0.4 is 9.62 Å². The lowest BCUT2D eigenvalue weighted by molar-refractivity contribution is -0.139. The highest BCUT2D eigenvalue weighted by Crippen LogP contribution is 2.20. The first-order chi connectivity index (χ1) is 16.3. The highest BCUT2D eigenvalue weighted by atomic mass is 32.2. The molecule has 3 rings (SSSR count). The fourth-order valence-electron chi connectivity index (χ4n) is 4.47. The Balaban J connectivity index is 1.84. The van der Waals surface area contributed by atoms with E-state index in [9.17, 15) is 18.0 Å². The number of sulfonamides is 1. The Labute approximate surface area is 203 Å². The zero-order valence-corrected chi connectivity index (χ0v) is 20.8. The summed E-state index contributed by atoms with van der Waals surface area (Å²) in [6.45, 7) is 1.85. The van der Waals surface area contributed by atoms with E-state index in [0.717, 1.165) is 41.8 Å². The van der Waals surface area contributed by atoms with Gasteiger partial charge < -0.3 is 10.2 Å². The third-order valence-corrected chi connectivity index (χ3v) is 7.44. The number of para-hydroxylation sites is 1. The number of amides is 2. The zero-order chi connectivity index (χ0) is 24.6. The van der Waals surface area contributed by atoms with Crippen LogP contribution in [0.4, 0.5) is 5.69 Å². The molecule has 1 aliphatic rings. The first-order valence-corrected chi connectivity index (χ1v) is 13.8. The summed E-state index contributed by atoms with van der Waals surface area (Å²) >= 11 is 0. The number of hydrogen-bond donors (Lipinski definition) is 1. The van der Waals surface area contributed by atoms with Gasteiger partial charge in [-0.3, -0.25) is 13.9 Å². The van der Waals surface area contributed by atoms with Gasteiger partial charge in [0.1, 0.15) is 12.6 Å². The van der Waals surface area contributed by atoms with Crippen molar-refractivity contribution in [1.29, 1.82) is 0 Å². The summed E-state index contributed by atoms with van der Waals surface area (Å²) in [6, 6.07) is 17.8. The Morgan fingerprint density at radius 3 is 2.15 bits per heavy atom. The third-order valence-electron chi connectivity index (χ3n) is 6.30. The standard InChI is InChI=1S/C26H35N3O4S/c1-3-24(26(31)27-22-14-10-11-15-22)28(19-18-21-12-6-4-7-13-21)25(30)20-29(34(2,32)33)23-16-8-5-9-17-23/h4-9,12-13,16-17,22,24H,3,10-11,14-15,18-20H2,1-2H3,(H,27,31). The summed E-state index contributed by atoms with van der Waals surface area (Å²) in [5.74, 6) is -0.556. The summed E-state index contributed by atoms with van der Waals surface area (Å²) in [6.07, 6.45) is 6.21. The number of nitrogens with one attached hydrogen (secondary N) is 1. The molecule has 0 aromatic heterocycles. The van der Waals surface area contributed by atoms with E-state index in [2.05, 4.69) is 5.32 Å². The molecule has 1 saturated carbocycles. The maximum absolute atomic E-state index is 13.6. The summed E-state index contributed by atoms with van der Waals surface area (Å²) in [7, 11) is -3.70. The number of hydrogen-bond acceptors (Lipinski definition) is 4. The van der Waals surface area contributed by atoms with Gasteiger partial charge in [0.15, 0.2) is 0 Å². The molecule has 2 aromatic carbocycles. The topological polar surface area (TPSA) is 86.8 Å². The normalized spacial score (nSPS) is 15.0. The van der Waals surface area contributed by atoms with Crippen molar-refractivity contribution in [2.24, 2.45) is 0 Å². The van der Waals surface area contributed by atoms with Crippen molar-refractivity contribution in [3.05, 3.63) is 66.2 Å². The minimum atomic E-state index is -3.70. The second-order valence-corrected chi connectivity index (χ2v) is 10.7. The minimum Gasteiger partial charge on any atom is -0.352 e. The second kappa shape index (κ2) is 12.0. The average Bonchev–Trinajstić information content (AvgIpc) is 3.33. The third kappa shape index (κ3) is 7.06. The fraction of sp³-hybridized carbons (Fsp3) is 0.462. The van der Waals surface area contributed by atoms with Crippen LogP contribution in [0, 0.1) is 0 Å². The highest BCUT2D eigenvalue weighted by Gasteiger charge is 2.32. The maximum atomic E-state index is 13.6. The molecule has 1 atom stereocenters. The molecule has 34 heavy (non-hydrogen) atoms. The van der Waals surface area contributed by atoms with E-state index in [4.69, 9.17) is 0 Å². The van der Waals surface area contributed by atoms with Crippen molar-refractivity contribution in [3.63, 3.8) is 0 Å². The molecule has 2 aromatic rings. The molecule has 0 spiro atoms. The van der Waals surface area contributed by atoms with Crippen LogP contribution in [0.1, 0.15) is 44.6 Å². The molecule has 0 radical (unpaired) electrons. The number of anilines is 1. The average molecular weight is 486 g/mol. The van der Waals surface area contributed by atoms with Gasteiger partial charge in [-0.05, 0) is 43.4 Å². The lowest BCUT2D eigenvalue weighted by Crippen LogP contribution is -2.54. The fourth-order valence-corrected chi connectivity index (χ4v) is 5.32. The van der Waals surface area contributed by atoms with Gasteiger partial charge in [0.25, 0.3) is 0 Å². The van der Waals surface area contributed by atoms with Gasteiger partial charge in [-0.2, -0.15) is 0 Å². The van der Waals surface area contributed by atoms with Crippen LogP contribution in [-0.4, -0.2) is 56.6 Å². The van der Waals surface area contributed by atoms with Gasteiger partial charge in [0, 0.05) is 12.6 Å². The summed E-state index contributed by atoms with van der Waals surface area (Å²) < 4.78 is 26.2. The van der Waals surface area contributed by atoms with E-state index in [1.165, 1.54) is 0 Å². The number of carbonyl (C=O) groups excluding carboxylic acids is 2. The van der Waals surface area contributed by atoms with Crippen molar-refractivity contribution < 1.29 is 18.0 Å². The van der Waals surface area contributed by atoms with Crippen molar-refractivity contribution in [2.45, 2.75) is 57.5 Å². The van der Waals surface area contributed by atoms with E-state index in [0.29, 0.717) is 25.1 Å². The van der Waals surface area contributed by atoms with E-state index in [1.807, 2.05) is 37.3 Å². The van der Waals surface area contributed by atoms with Gasteiger partial charge in [0.2, 0.25) is 21.8 Å². The molecule has 1 fully saturated rings. The van der Waals surface area contributed by atoms with E-state index in [-0.39, 0.29) is 18.5 Å². The lowest BCUT2D eigenvalue weighted by Gasteiger charge is -2.33. The molecule has 0 saturated heterocycles. The van der Waals surface area contributed by atoms with Crippen molar-refractivity contribution in [3.8, 4) is 0 Å². The number of nitrogens with zero attached hydrogens (tertiary/aromatic N) is 2. The Hall–Kier alpha value is -2.87. The van der Waals surface area contributed by atoms with E-state index >= 15 is 0 Å². The Bertz CT molecular complexity index is 1040. The Kier molecular flexibility index (Phi) is 9.10. The predicted octanol–water partition coefficient (Wildman–Crippen LogP) is 3.36. The highest BCUT2D eigenvalue weighted by molar-refractivity contribution is 7.92. The van der Waals surface area contributed by atoms with Gasteiger partial charge >= 0.3 is 0 Å². The maximum Gasteiger partial charge on any atom is 0.244 e. The van der Waals surface area contributed by atoms with E-state index < -0.39 is 22.0 Å². The summed E-state index contributed by atoms with van der Waals surface area (Å²) in [5.41, 5.74) is 1.47. The van der Waals surface area contributed by atoms with Gasteiger partial charge in [-0.15, -0.1) is 0 Å². The summed E-state index contributed by atoms with van der Waals surface area (Å²) in [5, 5.41) is 3.11. The first-order valence-electron chi connectivity index (χ1n) is 12.0. The SMILES string of the molecule is CCC(C(=O)NC1CCCC1)N(CCc1ccccc1)C(=O)CN(c1ccccc1)S(C)(=O)=O. The van der Waals surface area contributed by atoms with Crippen molar-refractivity contribution >= 4 is 27.5 Å². The van der Waals surface area contributed by atoms with Crippen LogP contribution in [0.3, 0.4) is 0 Å². The van der Waals surface area contributed by atoms with Gasteiger partial charge in [-0.1, -0.05) is 68.3 Å². The molecule has 1 N–H and O–H groups in total. The predicted molar refractivity (Wildman–Crippen MR) is 135 cm³/mol. The molecule has 184 valence electrons. The van der Waals surface area contributed by atoms with Crippen molar-refractivity contribution in [1.82, 2.24) is 10.2 Å². The largest absolute Gasteiger partial charge is 0.352 e. The molecular formula is C26H35N3O4S. The monoisotopic (exact) mass is 485 g/mol. The van der Waals surface area contributed by atoms with E-state index in [1.54, 1.807) is 35.2 Å². The molecule has 7 nitrogen and oxygen atoms in total. The molecule has 0 aliphatic heterocycles. The zero-order valence-electron chi connectivity index (χ0n) is 20.0. The quantitative estimate of drug-likeness (QED) is 0.529. The number of carbonyl (C=O) groups is 2. The lowest BCUT2D eigenvalue weighted by atomic mass is 10.1. The number of benzene rings is 2. The van der Waals surface area contributed by atoms with Crippen LogP contribution in [0.25, 0.3) is 0 Å².